The van der Waals surface area contributed by atoms with Gasteiger partial charge in [0.25, 0.3) is 11.5 Å². The van der Waals surface area contributed by atoms with Gasteiger partial charge in [0.2, 0.25) is 0 Å². The molecule has 188 valence electrons. The number of rotatable bonds is 10. The van der Waals surface area contributed by atoms with E-state index in [9.17, 15) is 9.59 Å². The van der Waals surface area contributed by atoms with Crippen molar-refractivity contribution >= 4 is 51.7 Å². The van der Waals surface area contributed by atoms with Crippen LogP contribution < -0.4 is 15.6 Å². The Morgan fingerprint density at radius 2 is 1.94 bits per heavy atom. The van der Waals surface area contributed by atoms with Gasteiger partial charge in [0.05, 0.1) is 30.2 Å². The standard InChI is InChI=1S/C26H28N4O4S2/c1-17(2)34-14-6-12-27-23-20(24(31)29-13-5-4-7-22(29)28-23)15-21-25(32)30(26(35)36-21)16-18-8-10-19(33-3)11-9-18/h4-5,7-11,13,15,17,27H,6,12,14,16H2,1-3H3/b21-15-. The fourth-order valence-electron chi connectivity index (χ4n) is 3.65. The lowest BCUT2D eigenvalue weighted by molar-refractivity contribution is -0.122. The second-order valence-corrected chi connectivity index (χ2v) is 10.1. The maximum atomic E-state index is 13.4. The number of thioether (sulfide) groups is 1. The molecule has 1 aliphatic rings. The highest BCUT2D eigenvalue weighted by atomic mass is 32.2. The average molecular weight is 525 g/mol. The molecule has 0 radical (unpaired) electrons. The topological polar surface area (TPSA) is 85.2 Å². The van der Waals surface area contributed by atoms with Crippen LogP contribution in [0.5, 0.6) is 5.75 Å². The number of hydrogen-bond acceptors (Lipinski definition) is 8. The summed E-state index contributed by atoms with van der Waals surface area (Å²) in [6.07, 6.45) is 4.16. The lowest BCUT2D eigenvalue weighted by atomic mass is 10.2. The molecular formula is C26H28N4O4S2. The predicted octanol–water partition coefficient (Wildman–Crippen LogP) is 4.33. The lowest BCUT2D eigenvalue weighted by Gasteiger charge is -2.14. The molecule has 36 heavy (non-hydrogen) atoms. The van der Waals surface area contributed by atoms with Crippen LogP contribution in [0.15, 0.2) is 58.4 Å². The Hall–Kier alpha value is -3.21. The number of anilines is 1. The van der Waals surface area contributed by atoms with Gasteiger partial charge in [-0.25, -0.2) is 4.98 Å². The monoisotopic (exact) mass is 524 g/mol. The number of carbonyl (C=O) groups is 1. The number of carbonyl (C=O) groups excluding carboxylic acids is 1. The van der Waals surface area contributed by atoms with Gasteiger partial charge in [0.1, 0.15) is 21.5 Å². The number of nitrogens with one attached hydrogen (secondary N) is 1. The van der Waals surface area contributed by atoms with Crippen LogP contribution in [0.4, 0.5) is 5.82 Å². The van der Waals surface area contributed by atoms with E-state index in [1.165, 1.54) is 21.1 Å². The van der Waals surface area contributed by atoms with Crippen LogP contribution in [0.1, 0.15) is 31.4 Å². The van der Waals surface area contributed by atoms with Crippen molar-refractivity contribution in [2.75, 3.05) is 25.6 Å². The van der Waals surface area contributed by atoms with Crippen LogP contribution in [0.25, 0.3) is 11.7 Å². The summed E-state index contributed by atoms with van der Waals surface area (Å²) < 4.78 is 12.7. The van der Waals surface area contributed by atoms with Crippen LogP contribution in [-0.4, -0.2) is 50.9 Å². The minimum absolute atomic E-state index is 0.156. The van der Waals surface area contributed by atoms with Crippen molar-refractivity contribution in [1.82, 2.24) is 14.3 Å². The molecule has 1 aromatic carbocycles. The third kappa shape index (κ3) is 5.95. The Kier molecular flexibility index (Phi) is 8.40. The Morgan fingerprint density at radius 3 is 2.67 bits per heavy atom. The van der Waals surface area contributed by atoms with Gasteiger partial charge in [0.15, 0.2) is 0 Å². The number of thiocarbonyl (C=S) groups is 1. The first-order chi connectivity index (χ1) is 17.4. The summed E-state index contributed by atoms with van der Waals surface area (Å²) in [6.45, 7) is 5.48. The zero-order valence-corrected chi connectivity index (χ0v) is 22.0. The van der Waals surface area contributed by atoms with Crippen molar-refractivity contribution < 1.29 is 14.3 Å². The maximum Gasteiger partial charge on any atom is 0.267 e. The third-order valence-corrected chi connectivity index (χ3v) is 6.86. The van der Waals surface area contributed by atoms with Gasteiger partial charge >= 0.3 is 0 Å². The summed E-state index contributed by atoms with van der Waals surface area (Å²) in [5.41, 5.74) is 1.50. The van der Waals surface area contributed by atoms with Gasteiger partial charge < -0.3 is 14.8 Å². The quantitative estimate of drug-likeness (QED) is 0.238. The minimum atomic E-state index is -0.262. The van der Waals surface area contributed by atoms with Crippen molar-refractivity contribution in [2.24, 2.45) is 0 Å². The Labute approximate surface area is 219 Å². The number of amides is 1. The largest absolute Gasteiger partial charge is 0.497 e. The molecule has 8 nitrogen and oxygen atoms in total. The summed E-state index contributed by atoms with van der Waals surface area (Å²) >= 11 is 6.68. The minimum Gasteiger partial charge on any atom is -0.497 e. The van der Waals surface area contributed by atoms with E-state index in [1.807, 2.05) is 44.2 Å². The highest BCUT2D eigenvalue weighted by Crippen LogP contribution is 2.34. The first-order valence-corrected chi connectivity index (χ1v) is 12.8. The molecule has 0 atom stereocenters. The second-order valence-electron chi connectivity index (χ2n) is 8.42. The Morgan fingerprint density at radius 1 is 1.17 bits per heavy atom. The number of hydrogen-bond donors (Lipinski definition) is 1. The molecule has 1 N–H and O–H groups in total. The van der Waals surface area contributed by atoms with E-state index in [2.05, 4.69) is 10.3 Å². The number of aromatic nitrogens is 2. The van der Waals surface area contributed by atoms with Crippen molar-refractivity contribution in [3.63, 3.8) is 0 Å². The smallest absolute Gasteiger partial charge is 0.267 e. The summed E-state index contributed by atoms with van der Waals surface area (Å²) in [6, 6.07) is 12.8. The second kappa shape index (κ2) is 11.7. The summed E-state index contributed by atoms with van der Waals surface area (Å²) in [5.74, 6) is 0.926. The van der Waals surface area contributed by atoms with Crippen molar-refractivity contribution in [1.29, 1.82) is 0 Å². The summed E-state index contributed by atoms with van der Waals surface area (Å²) in [4.78, 5) is 33.2. The van der Waals surface area contributed by atoms with Gasteiger partial charge in [-0.2, -0.15) is 0 Å². The van der Waals surface area contributed by atoms with Crippen LogP contribution >= 0.6 is 24.0 Å². The molecule has 2 aromatic heterocycles. The van der Waals surface area contributed by atoms with E-state index in [0.29, 0.717) is 46.0 Å². The fraction of sp³-hybridized carbons (Fsp3) is 0.308. The van der Waals surface area contributed by atoms with Crippen molar-refractivity contribution in [3.8, 4) is 5.75 Å². The molecule has 3 heterocycles. The highest BCUT2D eigenvalue weighted by Gasteiger charge is 2.32. The van der Waals surface area contributed by atoms with Gasteiger partial charge in [-0.15, -0.1) is 0 Å². The lowest BCUT2D eigenvalue weighted by Crippen LogP contribution is -2.27. The Balaban J connectivity index is 1.60. The van der Waals surface area contributed by atoms with Crippen LogP contribution in [0.3, 0.4) is 0 Å². The van der Waals surface area contributed by atoms with E-state index in [0.717, 1.165) is 17.7 Å². The number of fused-ring (bicyclic) bond motifs is 1. The molecule has 10 heteroatoms. The number of methoxy groups -OCH3 is 1. The number of nitrogens with zero attached hydrogens (tertiary/aromatic N) is 3. The maximum absolute atomic E-state index is 13.4. The number of pyridine rings is 1. The molecule has 0 spiro atoms. The highest BCUT2D eigenvalue weighted by molar-refractivity contribution is 8.26. The van der Waals surface area contributed by atoms with Crippen molar-refractivity contribution in [2.45, 2.75) is 32.9 Å². The molecule has 0 bridgehead atoms. The van der Waals surface area contributed by atoms with Crippen LogP contribution in [0.2, 0.25) is 0 Å². The third-order valence-electron chi connectivity index (χ3n) is 5.48. The molecule has 4 rings (SSSR count). The molecule has 1 saturated heterocycles. The molecule has 3 aromatic rings. The van der Waals surface area contributed by atoms with E-state index >= 15 is 0 Å². The summed E-state index contributed by atoms with van der Waals surface area (Å²) in [7, 11) is 1.61. The molecule has 1 fully saturated rings. The fourth-order valence-corrected chi connectivity index (χ4v) is 4.88. The average Bonchev–Trinajstić information content (AvgIpc) is 3.13. The number of ether oxygens (including phenoxy) is 2. The molecule has 1 amide bonds. The molecular weight excluding hydrogens is 496 g/mol. The van der Waals surface area contributed by atoms with Crippen LogP contribution in [0, 0.1) is 0 Å². The van der Waals surface area contributed by atoms with Gasteiger partial charge in [0, 0.05) is 19.3 Å². The zero-order valence-electron chi connectivity index (χ0n) is 20.4. The normalized spacial score (nSPS) is 14.9. The first kappa shape index (κ1) is 25.9. The van der Waals surface area contributed by atoms with Gasteiger partial charge in [-0.1, -0.05) is 42.2 Å². The van der Waals surface area contributed by atoms with Gasteiger partial charge in [-0.05, 0) is 56.2 Å². The number of benzene rings is 1. The molecule has 1 aliphatic heterocycles. The molecule has 0 unspecified atom stereocenters. The van der Waals surface area contributed by atoms with E-state index in [4.69, 9.17) is 21.7 Å². The summed E-state index contributed by atoms with van der Waals surface area (Å²) in [5, 5.41) is 3.25. The van der Waals surface area contributed by atoms with E-state index in [-0.39, 0.29) is 17.6 Å². The zero-order chi connectivity index (χ0) is 25.7. The van der Waals surface area contributed by atoms with Crippen molar-refractivity contribution in [3.05, 3.63) is 75.0 Å². The molecule has 0 aliphatic carbocycles. The predicted molar refractivity (Wildman–Crippen MR) is 147 cm³/mol. The molecule has 0 saturated carbocycles. The Bertz CT molecular complexity index is 1350. The van der Waals surface area contributed by atoms with E-state index < -0.39 is 0 Å². The van der Waals surface area contributed by atoms with Crippen LogP contribution in [-0.2, 0) is 16.1 Å². The SMILES string of the molecule is COc1ccc(CN2C(=O)/C(=C/c3c(NCCCOC(C)C)nc4ccccn4c3=O)SC2=S)cc1. The van der Waals surface area contributed by atoms with E-state index in [1.54, 1.807) is 31.5 Å². The first-order valence-electron chi connectivity index (χ1n) is 11.6. The van der Waals surface area contributed by atoms with Gasteiger partial charge in [-0.3, -0.25) is 18.9 Å².